The quantitative estimate of drug-likeness (QED) is 0.695. The van der Waals surface area contributed by atoms with Gasteiger partial charge in [0.15, 0.2) is 0 Å². The van der Waals surface area contributed by atoms with Gasteiger partial charge >= 0.3 is 5.97 Å². The summed E-state index contributed by atoms with van der Waals surface area (Å²) in [6, 6.07) is 9.41. The van der Waals surface area contributed by atoms with E-state index in [0.717, 1.165) is 20.4 Å². The fraction of sp³-hybridized carbons (Fsp3) is 0.125. The van der Waals surface area contributed by atoms with Crippen LogP contribution in [0, 0.1) is 13.8 Å². The first-order valence-corrected chi connectivity index (χ1v) is 7.97. The van der Waals surface area contributed by atoms with E-state index in [-0.39, 0.29) is 5.56 Å². The van der Waals surface area contributed by atoms with Crippen LogP contribution >= 0.6 is 27.3 Å². The third-order valence-corrected chi connectivity index (χ3v) is 4.77. The van der Waals surface area contributed by atoms with Crippen LogP contribution in [-0.4, -0.2) is 16.1 Å². The second-order valence-electron chi connectivity index (χ2n) is 4.89. The number of hydrogen-bond acceptors (Lipinski definition) is 3. The second kappa shape index (κ2) is 5.24. The van der Waals surface area contributed by atoms with Crippen LogP contribution in [0.1, 0.15) is 20.8 Å². The Hall–Kier alpha value is -1.72. The highest BCUT2D eigenvalue weighted by Crippen LogP contribution is 2.32. The molecule has 3 rings (SSSR count). The van der Waals surface area contributed by atoms with Gasteiger partial charge in [-0.3, -0.25) is 0 Å². The van der Waals surface area contributed by atoms with Gasteiger partial charge in [0.05, 0.1) is 21.7 Å². The van der Waals surface area contributed by atoms with Crippen LogP contribution in [0.4, 0.5) is 0 Å². The Labute approximate surface area is 134 Å². The Bertz CT molecular complexity index is 870. The molecule has 0 saturated carbocycles. The molecule has 0 saturated heterocycles. The molecule has 3 nitrogen and oxygen atoms in total. The third kappa shape index (κ3) is 2.59. The third-order valence-electron chi connectivity index (χ3n) is 3.29. The number of carbonyl (C=O) groups is 1. The number of pyridine rings is 1. The van der Waals surface area contributed by atoms with Crippen molar-refractivity contribution in [2.75, 3.05) is 0 Å². The molecular formula is C16H12BrNO2S. The number of carboxylic acid groups (broad SMARTS) is 1. The van der Waals surface area contributed by atoms with Crippen LogP contribution in [0.3, 0.4) is 0 Å². The minimum atomic E-state index is -0.936. The van der Waals surface area contributed by atoms with E-state index in [0.29, 0.717) is 11.1 Å². The molecule has 0 unspecified atom stereocenters. The molecule has 2 heterocycles. The largest absolute Gasteiger partial charge is 0.478 e. The number of carboxylic acids is 1. The minimum absolute atomic E-state index is 0.283. The summed E-state index contributed by atoms with van der Waals surface area (Å²) >= 11 is 5.03. The van der Waals surface area contributed by atoms with Crippen molar-refractivity contribution in [2.24, 2.45) is 0 Å². The Morgan fingerprint density at radius 1 is 1.24 bits per heavy atom. The average Bonchev–Trinajstić information content (AvgIpc) is 2.84. The number of rotatable bonds is 2. The molecule has 0 spiro atoms. The number of fused-ring (bicyclic) bond motifs is 1. The lowest BCUT2D eigenvalue weighted by Crippen LogP contribution is -2.01. The van der Waals surface area contributed by atoms with E-state index < -0.39 is 5.97 Å². The monoisotopic (exact) mass is 361 g/mol. The zero-order valence-electron chi connectivity index (χ0n) is 11.5. The van der Waals surface area contributed by atoms with Crippen molar-refractivity contribution in [1.29, 1.82) is 0 Å². The van der Waals surface area contributed by atoms with Gasteiger partial charge in [0.1, 0.15) is 0 Å². The van der Waals surface area contributed by atoms with Crippen molar-refractivity contribution < 1.29 is 9.90 Å². The van der Waals surface area contributed by atoms with Gasteiger partial charge in [-0.2, -0.15) is 0 Å². The van der Waals surface area contributed by atoms with Gasteiger partial charge < -0.3 is 5.11 Å². The van der Waals surface area contributed by atoms with Crippen molar-refractivity contribution in [3.05, 3.63) is 50.8 Å². The van der Waals surface area contributed by atoms with E-state index in [2.05, 4.69) is 20.9 Å². The number of aryl methyl sites for hydroxylation is 2. The SMILES string of the molecule is Cc1ccc(-c2cc(C(=O)O)c3cc(Br)cc(C)c3n2)s1. The summed E-state index contributed by atoms with van der Waals surface area (Å²) in [6.07, 6.45) is 0. The number of benzene rings is 1. The Balaban J connectivity index is 2.37. The lowest BCUT2D eigenvalue weighted by Gasteiger charge is -2.09. The van der Waals surface area contributed by atoms with Gasteiger partial charge in [-0.05, 0) is 49.7 Å². The normalized spacial score (nSPS) is 11.0. The minimum Gasteiger partial charge on any atom is -0.478 e. The molecule has 0 aliphatic rings. The van der Waals surface area contributed by atoms with Crippen LogP contribution in [0.25, 0.3) is 21.5 Å². The first-order chi connectivity index (χ1) is 9.95. The molecule has 2 aromatic heterocycles. The molecule has 0 aliphatic carbocycles. The summed E-state index contributed by atoms with van der Waals surface area (Å²) in [6.45, 7) is 3.96. The number of hydrogen-bond donors (Lipinski definition) is 1. The number of aromatic nitrogens is 1. The number of thiophene rings is 1. The predicted molar refractivity (Wildman–Crippen MR) is 89.2 cm³/mol. The van der Waals surface area contributed by atoms with Gasteiger partial charge in [0.25, 0.3) is 0 Å². The molecule has 0 amide bonds. The van der Waals surface area contributed by atoms with Gasteiger partial charge in [-0.15, -0.1) is 11.3 Å². The fourth-order valence-corrected chi connectivity index (χ4v) is 3.73. The number of nitrogens with zero attached hydrogens (tertiary/aromatic N) is 1. The van der Waals surface area contributed by atoms with E-state index in [9.17, 15) is 9.90 Å². The molecule has 0 aliphatic heterocycles. The summed E-state index contributed by atoms with van der Waals surface area (Å²) in [5.74, 6) is -0.936. The van der Waals surface area contributed by atoms with Crippen molar-refractivity contribution in [1.82, 2.24) is 4.98 Å². The molecule has 106 valence electrons. The number of aromatic carboxylic acids is 1. The van der Waals surface area contributed by atoms with Crippen molar-refractivity contribution in [2.45, 2.75) is 13.8 Å². The molecular weight excluding hydrogens is 350 g/mol. The lowest BCUT2D eigenvalue weighted by molar-refractivity contribution is 0.0699. The molecule has 5 heteroatoms. The molecule has 0 radical (unpaired) electrons. The maximum absolute atomic E-state index is 11.6. The zero-order chi connectivity index (χ0) is 15.1. The molecule has 21 heavy (non-hydrogen) atoms. The Morgan fingerprint density at radius 3 is 2.62 bits per heavy atom. The summed E-state index contributed by atoms with van der Waals surface area (Å²) in [7, 11) is 0. The first-order valence-electron chi connectivity index (χ1n) is 6.36. The second-order valence-corrected chi connectivity index (χ2v) is 7.09. The molecule has 3 aromatic rings. The molecule has 1 N–H and O–H groups in total. The molecule has 1 aromatic carbocycles. The van der Waals surface area contributed by atoms with Crippen LogP contribution in [-0.2, 0) is 0 Å². The Kier molecular flexibility index (Phi) is 3.55. The molecule has 0 atom stereocenters. The predicted octanol–water partition coefficient (Wildman–Crippen LogP) is 5.04. The number of halogens is 1. The lowest BCUT2D eigenvalue weighted by atomic mass is 10.0. The fourth-order valence-electron chi connectivity index (χ4n) is 2.33. The topological polar surface area (TPSA) is 50.2 Å². The Morgan fingerprint density at radius 2 is 2.00 bits per heavy atom. The van der Waals surface area contributed by atoms with E-state index >= 15 is 0 Å². The highest BCUT2D eigenvalue weighted by molar-refractivity contribution is 9.10. The van der Waals surface area contributed by atoms with Crippen molar-refractivity contribution in [3.63, 3.8) is 0 Å². The highest BCUT2D eigenvalue weighted by Gasteiger charge is 2.15. The summed E-state index contributed by atoms with van der Waals surface area (Å²) in [5.41, 5.74) is 2.69. The smallest absolute Gasteiger partial charge is 0.336 e. The molecule has 0 fully saturated rings. The maximum Gasteiger partial charge on any atom is 0.336 e. The van der Waals surface area contributed by atoms with E-state index in [1.54, 1.807) is 17.4 Å². The van der Waals surface area contributed by atoms with Crippen LogP contribution in [0.5, 0.6) is 0 Å². The van der Waals surface area contributed by atoms with Crippen LogP contribution in [0.15, 0.2) is 34.8 Å². The van der Waals surface area contributed by atoms with Gasteiger partial charge in [-0.25, -0.2) is 9.78 Å². The summed E-state index contributed by atoms with van der Waals surface area (Å²) < 4.78 is 0.858. The van der Waals surface area contributed by atoms with Gasteiger partial charge in [0.2, 0.25) is 0 Å². The van der Waals surface area contributed by atoms with Gasteiger partial charge in [0, 0.05) is 14.7 Å². The summed E-state index contributed by atoms with van der Waals surface area (Å²) in [4.78, 5) is 18.4. The molecule has 0 bridgehead atoms. The van der Waals surface area contributed by atoms with E-state index in [1.807, 2.05) is 38.1 Å². The van der Waals surface area contributed by atoms with Gasteiger partial charge in [-0.1, -0.05) is 15.9 Å². The summed E-state index contributed by atoms with van der Waals surface area (Å²) in [5, 5.41) is 10.2. The maximum atomic E-state index is 11.6. The van der Waals surface area contributed by atoms with Crippen molar-refractivity contribution in [3.8, 4) is 10.6 Å². The van der Waals surface area contributed by atoms with Crippen LogP contribution in [0.2, 0.25) is 0 Å². The first kappa shape index (κ1) is 14.2. The highest BCUT2D eigenvalue weighted by atomic mass is 79.9. The zero-order valence-corrected chi connectivity index (χ0v) is 13.9. The standard InChI is InChI=1S/C16H12BrNO2S/c1-8-5-10(17)6-11-12(16(19)20)7-13(18-15(8)11)14-4-3-9(2)21-14/h3-7H,1-2H3,(H,19,20). The van der Waals surface area contributed by atoms with E-state index in [1.165, 1.54) is 4.88 Å². The van der Waals surface area contributed by atoms with Crippen molar-refractivity contribution >= 4 is 44.1 Å². The average molecular weight is 362 g/mol. The van der Waals surface area contributed by atoms with Crippen LogP contribution < -0.4 is 0 Å². The van der Waals surface area contributed by atoms with E-state index in [4.69, 9.17) is 0 Å².